The van der Waals surface area contributed by atoms with Gasteiger partial charge in [0, 0.05) is 11.6 Å². The second-order valence-electron chi connectivity index (χ2n) is 6.43. The number of esters is 1. The molecule has 0 fully saturated rings. The fourth-order valence-electron chi connectivity index (χ4n) is 2.82. The minimum Gasteiger partial charge on any atom is -0.449 e. The maximum absolute atomic E-state index is 12.4. The zero-order valence-corrected chi connectivity index (χ0v) is 17.3. The Hall–Kier alpha value is -3.16. The molecule has 1 unspecified atom stereocenters. The molecule has 0 spiro atoms. The second kappa shape index (κ2) is 8.69. The Balaban J connectivity index is 1.70. The zero-order chi connectivity index (χ0) is 22.0. The molecule has 2 aromatic rings. The topological polar surface area (TPSA) is 92.8 Å². The highest BCUT2D eigenvalue weighted by Gasteiger charge is 2.35. The number of halogens is 2. The first-order valence-corrected chi connectivity index (χ1v) is 9.56. The Morgan fingerprint density at radius 2 is 1.83 bits per heavy atom. The molecule has 9 heteroatoms. The molecular formula is C21H16Cl2N2O5. The minimum atomic E-state index is -1.15. The van der Waals surface area contributed by atoms with E-state index in [-0.39, 0.29) is 28.3 Å². The van der Waals surface area contributed by atoms with Gasteiger partial charge >= 0.3 is 5.97 Å². The maximum Gasteiger partial charge on any atom is 0.338 e. The predicted octanol–water partition coefficient (Wildman–Crippen LogP) is 3.96. The van der Waals surface area contributed by atoms with Gasteiger partial charge in [-0.05, 0) is 43.3 Å². The van der Waals surface area contributed by atoms with Crippen molar-refractivity contribution in [2.45, 2.75) is 13.0 Å². The van der Waals surface area contributed by atoms with Crippen molar-refractivity contribution in [3.8, 4) is 0 Å². The van der Waals surface area contributed by atoms with Gasteiger partial charge in [0.05, 0.1) is 27.4 Å². The van der Waals surface area contributed by atoms with Crippen LogP contribution in [0.25, 0.3) is 0 Å². The second-order valence-corrected chi connectivity index (χ2v) is 7.27. The molecule has 0 aliphatic carbocycles. The summed E-state index contributed by atoms with van der Waals surface area (Å²) >= 11 is 11.8. The summed E-state index contributed by atoms with van der Waals surface area (Å²) < 4.78 is 5.18. The third-order valence-corrected chi connectivity index (χ3v) is 4.91. The summed E-state index contributed by atoms with van der Waals surface area (Å²) in [5.74, 6) is -2.39. The molecule has 0 radical (unpaired) electrons. The van der Waals surface area contributed by atoms with Crippen molar-refractivity contribution in [1.82, 2.24) is 4.90 Å². The van der Waals surface area contributed by atoms with E-state index in [1.807, 2.05) is 0 Å². The van der Waals surface area contributed by atoms with Crippen LogP contribution < -0.4 is 5.32 Å². The molecule has 0 saturated heterocycles. The van der Waals surface area contributed by atoms with Gasteiger partial charge in [0.25, 0.3) is 17.7 Å². The van der Waals surface area contributed by atoms with Gasteiger partial charge in [0.1, 0.15) is 0 Å². The number of carbonyl (C=O) groups is 4. The highest BCUT2D eigenvalue weighted by molar-refractivity contribution is 6.36. The van der Waals surface area contributed by atoms with Crippen LogP contribution in [0.4, 0.5) is 5.69 Å². The quantitative estimate of drug-likeness (QED) is 0.411. The molecule has 0 bridgehead atoms. The highest BCUT2D eigenvalue weighted by Crippen LogP contribution is 2.26. The number of carbonyl (C=O) groups excluding carboxylic acids is 4. The zero-order valence-electron chi connectivity index (χ0n) is 15.8. The molecule has 0 saturated carbocycles. The molecule has 7 nitrogen and oxygen atoms in total. The first kappa shape index (κ1) is 21.5. The van der Waals surface area contributed by atoms with Gasteiger partial charge in [-0.2, -0.15) is 0 Å². The van der Waals surface area contributed by atoms with Crippen molar-refractivity contribution in [3.05, 3.63) is 75.8 Å². The number of anilines is 1. The largest absolute Gasteiger partial charge is 0.449 e. The smallest absolute Gasteiger partial charge is 0.338 e. The van der Waals surface area contributed by atoms with Crippen molar-refractivity contribution in [2.75, 3.05) is 11.9 Å². The first-order chi connectivity index (χ1) is 14.2. The van der Waals surface area contributed by atoms with Gasteiger partial charge in [-0.25, -0.2) is 4.79 Å². The van der Waals surface area contributed by atoms with E-state index in [9.17, 15) is 19.2 Å². The fourth-order valence-corrected chi connectivity index (χ4v) is 3.28. The lowest BCUT2D eigenvalue weighted by Crippen LogP contribution is -2.30. The number of hydrogen-bond acceptors (Lipinski definition) is 5. The third kappa shape index (κ3) is 4.22. The maximum atomic E-state index is 12.4. The van der Waals surface area contributed by atoms with E-state index in [0.717, 1.165) is 4.90 Å². The van der Waals surface area contributed by atoms with Crippen LogP contribution in [0, 0.1) is 0 Å². The van der Waals surface area contributed by atoms with Gasteiger partial charge < -0.3 is 10.1 Å². The van der Waals surface area contributed by atoms with Crippen LogP contribution in [0.1, 0.15) is 38.0 Å². The van der Waals surface area contributed by atoms with E-state index in [1.54, 1.807) is 6.07 Å². The molecule has 0 aromatic heterocycles. The Morgan fingerprint density at radius 1 is 1.13 bits per heavy atom. The lowest BCUT2D eigenvalue weighted by molar-refractivity contribution is -0.123. The monoisotopic (exact) mass is 446 g/mol. The Bertz CT molecular complexity index is 1080. The van der Waals surface area contributed by atoms with Crippen LogP contribution in [0.2, 0.25) is 10.0 Å². The van der Waals surface area contributed by atoms with Gasteiger partial charge in [0.2, 0.25) is 0 Å². The number of rotatable bonds is 6. The summed E-state index contributed by atoms with van der Waals surface area (Å²) in [5.41, 5.74) is 0.653. The molecular weight excluding hydrogens is 431 g/mol. The van der Waals surface area contributed by atoms with Crippen molar-refractivity contribution < 1.29 is 23.9 Å². The van der Waals surface area contributed by atoms with Crippen molar-refractivity contribution in [3.63, 3.8) is 0 Å². The predicted molar refractivity (Wildman–Crippen MR) is 112 cm³/mol. The van der Waals surface area contributed by atoms with E-state index in [0.29, 0.717) is 10.7 Å². The van der Waals surface area contributed by atoms with Gasteiger partial charge in [-0.15, -0.1) is 6.58 Å². The normalized spacial score (nSPS) is 13.6. The fraction of sp³-hybridized carbons (Fsp3) is 0.143. The summed E-state index contributed by atoms with van der Waals surface area (Å²) in [7, 11) is 0. The summed E-state index contributed by atoms with van der Waals surface area (Å²) in [6.45, 7) is 4.98. The third-order valence-electron chi connectivity index (χ3n) is 4.36. The number of ether oxygens (including phenoxy) is 1. The molecule has 3 amide bonds. The van der Waals surface area contributed by atoms with Crippen LogP contribution >= 0.6 is 23.2 Å². The molecule has 154 valence electrons. The van der Waals surface area contributed by atoms with E-state index >= 15 is 0 Å². The number of nitrogens with one attached hydrogen (secondary N) is 1. The Morgan fingerprint density at radius 3 is 2.50 bits per heavy atom. The van der Waals surface area contributed by atoms with Crippen LogP contribution in [0.5, 0.6) is 0 Å². The molecule has 2 aromatic carbocycles. The number of nitrogens with zero attached hydrogens (tertiary/aromatic N) is 1. The standard InChI is InChI=1S/C21H16Cl2N2O5/c1-3-8-25-19(27)14-6-4-12(9-15(14)20(25)28)21(29)30-11(2)18(26)24-17-7-5-13(22)10-16(17)23/h3-7,9-11H,1,8H2,2H3,(H,24,26). The number of hydrogen-bond donors (Lipinski definition) is 1. The van der Waals surface area contributed by atoms with Gasteiger partial charge in [-0.1, -0.05) is 29.3 Å². The van der Waals surface area contributed by atoms with Gasteiger partial charge in [-0.3, -0.25) is 19.3 Å². The Kier molecular flexibility index (Phi) is 6.24. The average molecular weight is 447 g/mol. The number of imide groups is 1. The van der Waals surface area contributed by atoms with E-state index in [1.165, 1.54) is 43.3 Å². The Labute approximate surface area is 182 Å². The highest BCUT2D eigenvalue weighted by atomic mass is 35.5. The molecule has 30 heavy (non-hydrogen) atoms. The van der Waals surface area contributed by atoms with Crippen LogP contribution in [-0.2, 0) is 9.53 Å². The van der Waals surface area contributed by atoms with E-state index in [2.05, 4.69) is 11.9 Å². The molecule has 3 rings (SSSR count). The van der Waals surface area contributed by atoms with Crippen molar-refractivity contribution in [2.24, 2.45) is 0 Å². The molecule has 1 aliphatic rings. The van der Waals surface area contributed by atoms with Crippen LogP contribution in [-0.4, -0.2) is 41.2 Å². The van der Waals surface area contributed by atoms with E-state index < -0.39 is 29.8 Å². The number of benzene rings is 2. The lowest BCUT2D eigenvalue weighted by Gasteiger charge is -2.14. The van der Waals surface area contributed by atoms with Crippen LogP contribution in [0.15, 0.2) is 49.1 Å². The summed E-state index contributed by atoms with van der Waals surface area (Å²) in [5, 5.41) is 3.19. The first-order valence-electron chi connectivity index (χ1n) is 8.81. The number of fused-ring (bicyclic) bond motifs is 1. The summed E-state index contributed by atoms with van der Waals surface area (Å²) in [6.07, 6.45) is 0.288. The van der Waals surface area contributed by atoms with Crippen LogP contribution in [0.3, 0.4) is 0 Å². The lowest BCUT2D eigenvalue weighted by atomic mass is 10.1. The van der Waals surface area contributed by atoms with Gasteiger partial charge in [0.15, 0.2) is 6.10 Å². The number of amides is 3. The molecule has 1 N–H and O–H groups in total. The van der Waals surface area contributed by atoms with Crippen molar-refractivity contribution in [1.29, 1.82) is 0 Å². The van der Waals surface area contributed by atoms with E-state index in [4.69, 9.17) is 27.9 Å². The van der Waals surface area contributed by atoms with Crippen molar-refractivity contribution >= 4 is 52.6 Å². The summed E-state index contributed by atoms with van der Waals surface area (Å²) in [4.78, 5) is 50.4. The molecule has 1 atom stereocenters. The molecule has 1 aliphatic heterocycles. The summed E-state index contributed by atoms with van der Waals surface area (Å²) in [6, 6.07) is 8.57. The average Bonchev–Trinajstić information content (AvgIpc) is 2.94. The SMILES string of the molecule is C=CCN1C(=O)c2ccc(C(=O)OC(C)C(=O)Nc3ccc(Cl)cc3Cl)cc2C1=O. The minimum absolute atomic E-state index is 0.0412. The molecule has 1 heterocycles.